The van der Waals surface area contributed by atoms with Crippen LogP contribution in [0.1, 0.15) is 31.3 Å². The molecule has 0 N–H and O–H groups in total. The second-order valence-corrected chi connectivity index (χ2v) is 7.55. The molecule has 1 saturated heterocycles. The fourth-order valence-electron chi connectivity index (χ4n) is 3.12. The number of pyridine rings is 1. The number of piperazine rings is 1. The van der Waals surface area contributed by atoms with Gasteiger partial charge in [-0.25, -0.2) is 9.36 Å². The van der Waals surface area contributed by atoms with E-state index in [2.05, 4.69) is 15.8 Å². The molecule has 0 bridgehead atoms. The summed E-state index contributed by atoms with van der Waals surface area (Å²) in [5.74, 6) is 2.43. The van der Waals surface area contributed by atoms with E-state index in [-0.39, 0.29) is 11.6 Å². The lowest BCUT2D eigenvalue weighted by molar-refractivity contribution is 0.0509. The van der Waals surface area contributed by atoms with Gasteiger partial charge < -0.3 is 9.64 Å². The van der Waals surface area contributed by atoms with Gasteiger partial charge in [0, 0.05) is 44.0 Å². The molecule has 0 aromatic carbocycles. The van der Waals surface area contributed by atoms with E-state index in [0.29, 0.717) is 38.2 Å². The van der Waals surface area contributed by atoms with Crippen LogP contribution in [-0.2, 0) is 4.74 Å². The Bertz CT molecular complexity index is 896. The summed E-state index contributed by atoms with van der Waals surface area (Å²) in [6.45, 7) is 8.52. The summed E-state index contributed by atoms with van der Waals surface area (Å²) in [4.78, 5) is 33.9. The molecule has 0 atom stereocenters. The molecule has 2 aromatic heterocycles. The molecule has 0 aliphatic carbocycles. The van der Waals surface area contributed by atoms with E-state index in [4.69, 9.17) is 11.2 Å². The van der Waals surface area contributed by atoms with E-state index in [1.54, 1.807) is 50.2 Å². The van der Waals surface area contributed by atoms with Crippen molar-refractivity contribution in [1.82, 2.24) is 19.4 Å². The van der Waals surface area contributed by atoms with Gasteiger partial charge in [0.15, 0.2) is 0 Å². The highest BCUT2D eigenvalue weighted by Gasteiger charge is 2.29. The second kappa shape index (κ2) is 7.41. The number of hydrogen-bond acceptors (Lipinski definition) is 5. The van der Waals surface area contributed by atoms with Gasteiger partial charge in [-0.3, -0.25) is 14.7 Å². The lowest BCUT2D eigenvalue weighted by atomic mass is 10.2. The maximum atomic E-state index is 13.1. The number of ether oxygens (including phenoxy) is 1. The topological polar surface area (TPSA) is 67.7 Å². The highest BCUT2D eigenvalue weighted by atomic mass is 16.6. The van der Waals surface area contributed by atoms with Crippen molar-refractivity contribution < 1.29 is 14.3 Å². The Kier molecular flexibility index (Phi) is 5.19. The second-order valence-electron chi connectivity index (χ2n) is 7.55. The summed E-state index contributed by atoms with van der Waals surface area (Å²) in [5, 5.41) is 0.720. The van der Waals surface area contributed by atoms with Crippen molar-refractivity contribution in [2.45, 2.75) is 26.4 Å². The van der Waals surface area contributed by atoms with Crippen LogP contribution in [0.2, 0.25) is 0 Å². The van der Waals surface area contributed by atoms with Crippen LogP contribution in [0.25, 0.3) is 10.9 Å². The van der Waals surface area contributed by atoms with Crippen molar-refractivity contribution in [3.05, 3.63) is 30.2 Å². The van der Waals surface area contributed by atoms with Crippen LogP contribution in [0, 0.1) is 12.3 Å². The van der Waals surface area contributed by atoms with Crippen LogP contribution in [0.3, 0.4) is 0 Å². The Labute approximate surface area is 158 Å². The van der Waals surface area contributed by atoms with Crippen molar-refractivity contribution in [3.63, 3.8) is 0 Å². The van der Waals surface area contributed by atoms with Crippen molar-refractivity contribution in [3.8, 4) is 12.3 Å². The Morgan fingerprint density at radius 1 is 1.26 bits per heavy atom. The van der Waals surface area contributed by atoms with Gasteiger partial charge in [-0.1, -0.05) is 5.92 Å². The number of carbonyl (C=O) groups excluding carboxylic acids is 2. The molecular weight excluding hydrogens is 344 g/mol. The minimum Gasteiger partial charge on any atom is -0.443 e. The number of rotatable bonds is 2. The first-order valence-electron chi connectivity index (χ1n) is 8.94. The van der Waals surface area contributed by atoms with Crippen molar-refractivity contribution >= 4 is 22.9 Å². The molecule has 3 heterocycles. The van der Waals surface area contributed by atoms with Gasteiger partial charge in [0.1, 0.15) is 11.3 Å². The minimum atomic E-state index is -0.665. The molecule has 1 aliphatic heterocycles. The zero-order chi connectivity index (χ0) is 19.6. The van der Waals surface area contributed by atoms with E-state index in [1.807, 2.05) is 0 Å². The molecule has 0 unspecified atom stereocenters. The molecule has 0 saturated carbocycles. The molecular formula is C20H24N4O3. The Hall–Kier alpha value is -2.85. The summed E-state index contributed by atoms with van der Waals surface area (Å²) in [5.41, 5.74) is 0.230. The molecule has 1 aliphatic rings. The molecule has 142 valence electrons. The molecule has 3 rings (SSSR count). The SMILES string of the molecule is C#CCN1CCN(C(=O)c2cc3cnccc3n2C(=O)OC(C)(C)C)CC1. The van der Waals surface area contributed by atoms with E-state index >= 15 is 0 Å². The first-order valence-corrected chi connectivity index (χ1v) is 8.94. The number of carbonyl (C=O) groups is 2. The molecule has 1 amide bonds. The molecule has 0 radical (unpaired) electrons. The third-order valence-electron chi connectivity index (χ3n) is 4.37. The first-order chi connectivity index (χ1) is 12.8. The number of amides is 1. The zero-order valence-corrected chi connectivity index (χ0v) is 15.9. The highest BCUT2D eigenvalue weighted by molar-refractivity contribution is 6.03. The predicted molar refractivity (Wildman–Crippen MR) is 103 cm³/mol. The van der Waals surface area contributed by atoms with Crippen molar-refractivity contribution in [2.24, 2.45) is 0 Å². The number of fused-ring (bicyclic) bond motifs is 1. The monoisotopic (exact) mass is 368 g/mol. The number of terminal acetylenes is 1. The maximum absolute atomic E-state index is 13.1. The van der Waals surface area contributed by atoms with Gasteiger partial charge in [-0.2, -0.15) is 0 Å². The highest BCUT2D eigenvalue weighted by Crippen LogP contribution is 2.23. The Balaban J connectivity index is 1.92. The van der Waals surface area contributed by atoms with Gasteiger partial charge >= 0.3 is 6.09 Å². The van der Waals surface area contributed by atoms with Crippen LogP contribution in [-0.4, -0.2) is 69.7 Å². The van der Waals surface area contributed by atoms with Crippen LogP contribution < -0.4 is 0 Å². The predicted octanol–water partition coefficient (Wildman–Crippen LogP) is 2.21. The summed E-state index contributed by atoms with van der Waals surface area (Å²) in [6.07, 6.45) is 8.02. The van der Waals surface area contributed by atoms with E-state index in [9.17, 15) is 9.59 Å². The Morgan fingerprint density at radius 2 is 1.96 bits per heavy atom. The first kappa shape index (κ1) is 18.9. The van der Waals surface area contributed by atoms with Crippen LogP contribution >= 0.6 is 0 Å². The minimum absolute atomic E-state index is 0.197. The average molecular weight is 368 g/mol. The number of aromatic nitrogens is 2. The standard InChI is InChI=1S/C20H24N4O3/c1-5-8-22-9-11-23(12-10-22)18(25)17-13-15-14-21-7-6-16(15)24(17)19(26)27-20(2,3)4/h1,6-7,13-14H,8-12H2,2-4H3. The average Bonchev–Trinajstić information content (AvgIpc) is 3.00. The van der Waals surface area contributed by atoms with E-state index in [1.165, 1.54) is 4.57 Å². The van der Waals surface area contributed by atoms with Gasteiger partial charge in [0.2, 0.25) is 0 Å². The molecule has 7 nitrogen and oxygen atoms in total. The molecule has 2 aromatic rings. The lowest BCUT2D eigenvalue weighted by Crippen LogP contribution is -2.49. The van der Waals surface area contributed by atoms with Crippen LogP contribution in [0.4, 0.5) is 4.79 Å². The van der Waals surface area contributed by atoms with Crippen molar-refractivity contribution in [2.75, 3.05) is 32.7 Å². The lowest BCUT2D eigenvalue weighted by Gasteiger charge is -2.33. The summed E-state index contributed by atoms with van der Waals surface area (Å²) >= 11 is 0. The van der Waals surface area contributed by atoms with E-state index in [0.717, 1.165) is 5.39 Å². The molecule has 0 spiro atoms. The largest absolute Gasteiger partial charge is 0.443 e. The zero-order valence-electron chi connectivity index (χ0n) is 15.9. The molecule has 27 heavy (non-hydrogen) atoms. The number of nitrogens with zero attached hydrogens (tertiary/aromatic N) is 4. The van der Waals surface area contributed by atoms with Gasteiger partial charge in [0.25, 0.3) is 5.91 Å². The van der Waals surface area contributed by atoms with Gasteiger partial charge in [0.05, 0.1) is 12.1 Å². The fraction of sp³-hybridized carbons (Fsp3) is 0.450. The van der Waals surface area contributed by atoms with Gasteiger partial charge in [-0.15, -0.1) is 6.42 Å². The molecule has 1 fully saturated rings. The quantitative estimate of drug-likeness (QED) is 0.761. The summed E-state index contributed by atoms with van der Waals surface area (Å²) < 4.78 is 6.87. The number of hydrogen-bond donors (Lipinski definition) is 0. The fourth-order valence-corrected chi connectivity index (χ4v) is 3.12. The maximum Gasteiger partial charge on any atom is 0.419 e. The third-order valence-corrected chi connectivity index (χ3v) is 4.37. The smallest absolute Gasteiger partial charge is 0.419 e. The normalized spacial score (nSPS) is 15.6. The van der Waals surface area contributed by atoms with Crippen LogP contribution in [0.15, 0.2) is 24.5 Å². The van der Waals surface area contributed by atoms with Gasteiger partial charge in [-0.05, 0) is 32.9 Å². The molecule has 7 heteroatoms. The summed E-state index contributed by atoms with van der Waals surface area (Å²) in [6, 6.07) is 3.41. The summed E-state index contributed by atoms with van der Waals surface area (Å²) in [7, 11) is 0. The Morgan fingerprint density at radius 3 is 2.59 bits per heavy atom. The third kappa shape index (κ3) is 4.12. The van der Waals surface area contributed by atoms with Crippen LogP contribution in [0.5, 0.6) is 0 Å². The van der Waals surface area contributed by atoms with Crippen molar-refractivity contribution in [1.29, 1.82) is 0 Å². The van der Waals surface area contributed by atoms with E-state index < -0.39 is 11.7 Å².